The molecule has 0 aromatic rings. The van der Waals surface area contributed by atoms with Gasteiger partial charge in [0.15, 0.2) is 5.70 Å². The number of allylic oxidation sites excluding steroid dienone is 1. The number of rotatable bonds is 5. The van der Waals surface area contributed by atoms with Gasteiger partial charge in [-0.05, 0) is 6.42 Å². The summed E-state index contributed by atoms with van der Waals surface area (Å²) in [5.74, 6) is 0.648. The first-order chi connectivity index (χ1) is 5.97. The van der Waals surface area contributed by atoms with Crippen molar-refractivity contribution < 1.29 is 19.4 Å². The van der Waals surface area contributed by atoms with E-state index >= 15 is 0 Å². The maximum atomic E-state index is 5.18. The quantitative estimate of drug-likeness (QED) is 0.507. The summed E-state index contributed by atoms with van der Waals surface area (Å²) in [5, 5.41) is 0. The number of ether oxygens (including phenoxy) is 2. The lowest BCUT2D eigenvalue weighted by Gasteiger charge is -2.27. The van der Waals surface area contributed by atoms with Gasteiger partial charge in [-0.2, -0.15) is 0 Å². The van der Waals surface area contributed by atoms with Crippen LogP contribution in [-0.2, 0) is 9.47 Å². The molecule has 14 heavy (non-hydrogen) atoms. The van der Waals surface area contributed by atoms with E-state index in [4.69, 9.17) is 9.47 Å². The van der Waals surface area contributed by atoms with E-state index in [1.165, 1.54) is 5.70 Å². The number of hydrogen-bond donors (Lipinski definition) is 0. The van der Waals surface area contributed by atoms with E-state index in [0.29, 0.717) is 5.95 Å². The second-order valence-electron chi connectivity index (χ2n) is 3.90. The fourth-order valence-corrected chi connectivity index (χ4v) is 1.27. The Bertz CT molecular complexity index is 176. The van der Waals surface area contributed by atoms with Gasteiger partial charge in [0.05, 0.1) is 35.4 Å². The molecule has 0 aliphatic rings. The van der Waals surface area contributed by atoms with Crippen molar-refractivity contribution in [1.29, 1.82) is 0 Å². The molecule has 0 aliphatic carbocycles. The molecule has 0 spiro atoms. The SMILES string of the molecule is CCCC(=C(OC)OC)[N+](C)(C)C.[OH-]. The maximum Gasteiger partial charge on any atom is 0.338 e. The molecule has 0 heterocycles. The molecule has 0 aliphatic heterocycles. The zero-order chi connectivity index (χ0) is 10.5. The van der Waals surface area contributed by atoms with Crippen molar-refractivity contribution in [1.82, 2.24) is 0 Å². The molecule has 0 rings (SSSR count). The maximum absolute atomic E-state index is 5.18. The first-order valence-corrected chi connectivity index (χ1v) is 4.60. The van der Waals surface area contributed by atoms with Gasteiger partial charge in [0, 0.05) is 6.42 Å². The first kappa shape index (κ1) is 15.7. The van der Waals surface area contributed by atoms with Gasteiger partial charge in [-0.25, -0.2) is 0 Å². The largest absolute Gasteiger partial charge is 0.870 e. The zero-order valence-electron chi connectivity index (χ0n) is 10.1. The Morgan fingerprint density at radius 3 is 1.71 bits per heavy atom. The summed E-state index contributed by atoms with van der Waals surface area (Å²) in [5.41, 5.74) is 1.19. The second kappa shape index (κ2) is 6.68. The Hall–Kier alpha value is -0.740. The summed E-state index contributed by atoms with van der Waals surface area (Å²) < 4.78 is 11.1. The zero-order valence-corrected chi connectivity index (χ0v) is 10.1. The fourth-order valence-electron chi connectivity index (χ4n) is 1.27. The molecule has 4 nitrogen and oxygen atoms in total. The standard InChI is InChI=1S/C10H22NO2.H2O/c1-7-8-9(11(2,3)4)10(12-5)13-6;/h7-8H2,1-6H3;1H2/q+1;/p-1. The van der Waals surface area contributed by atoms with E-state index in [9.17, 15) is 0 Å². The summed E-state index contributed by atoms with van der Waals surface area (Å²) in [4.78, 5) is 0. The Labute approximate surface area is 87.0 Å². The van der Waals surface area contributed by atoms with Crippen LogP contribution in [0.4, 0.5) is 0 Å². The van der Waals surface area contributed by atoms with E-state index in [2.05, 4.69) is 28.1 Å². The molecule has 0 radical (unpaired) electrons. The Kier molecular flexibility index (Phi) is 7.50. The van der Waals surface area contributed by atoms with Gasteiger partial charge < -0.3 is 14.9 Å². The van der Waals surface area contributed by atoms with E-state index < -0.39 is 0 Å². The van der Waals surface area contributed by atoms with Gasteiger partial charge in [0.2, 0.25) is 0 Å². The van der Waals surface area contributed by atoms with Crippen LogP contribution >= 0.6 is 0 Å². The molecular weight excluding hydrogens is 182 g/mol. The molecule has 0 saturated heterocycles. The summed E-state index contributed by atoms with van der Waals surface area (Å²) in [6.45, 7) is 2.15. The molecule has 0 amide bonds. The van der Waals surface area contributed by atoms with Crippen molar-refractivity contribution in [2.45, 2.75) is 19.8 Å². The molecule has 0 atom stereocenters. The summed E-state index contributed by atoms with van der Waals surface area (Å²) in [6.07, 6.45) is 2.10. The predicted molar refractivity (Wildman–Crippen MR) is 55.9 cm³/mol. The van der Waals surface area contributed by atoms with Gasteiger partial charge in [0.1, 0.15) is 0 Å². The second-order valence-corrected chi connectivity index (χ2v) is 3.90. The van der Waals surface area contributed by atoms with Crippen LogP contribution in [0.2, 0.25) is 0 Å². The van der Waals surface area contributed by atoms with E-state index in [1.54, 1.807) is 14.2 Å². The molecule has 86 valence electrons. The van der Waals surface area contributed by atoms with Crippen LogP contribution in [0, 0.1) is 0 Å². The highest BCUT2D eigenvalue weighted by molar-refractivity contribution is 4.94. The summed E-state index contributed by atoms with van der Waals surface area (Å²) in [6, 6.07) is 0. The van der Waals surface area contributed by atoms with Crippen LogP contribution in [0.25, 0.3) is 0 Å². The topological polar surface area (TPSA) is 48.5 Å². The lowest BCUT2D eigenvalue weighted by atomic mass is 10.2. The highest BCUT2D eigenvalue weighted by Crippen LogP contribution is 2.19. The first-order valence-electron chi connectivity index (χ1n) is 4.60. The average Bonchev–Trinajstić information content (AvgIpc) is 2.03. The van der Waals surface area contributed by atoms with Crippen molar-refractivity contribution >= 4 is 0 Å². The van der Waals surface area contributed by atoms with Crippen LogP contribution in [-0.4, -0.2) is 45.3 Å². The van der Waals surface area contributed by atoms with Crippen LogP contribution in [0.15, 0.2) is 11.6 Å². The van der Waals surface area contributed by atoms with Gasteiger partial charge in [-0.15, -0.1) is 0 Å². The van der Waals surface area contributed by atoms with Crippen molar-refractivity contribution in [2.24, 2.45) is 0 Å². The van der Waals surface area contributed by atoms with Crippen molar-refractivity contribution in [2.75, 3.05) is 35.4 Å². The fraction of sp³-hybridized carbons (Fsp3) is 0.800. The predicted octanol–water partition coefficient (Wildman–Crippen LogP) is 1.78. The smallest absolute Gasteiger partial charge is 0.338 e. The molecule has 0 saturated carbocycles. The number of hydrogen-bond acceptors (Lipinski definition) is 3. The summed E-state index contributed by atoms with van der Waals surface area (Å²) >= 11 is 0. The van der Waals surface area contributed by atoms with E-state index in [0.717, 1.165) is 17.3 Å². The molecule has 0 aromatic heterocycles. The molecule has 4 heteroatoms. The highest BCUT2D eigenvalue weighted by Gasteiger charge is 2.22. The van der Waals surface area contributed by atoms with Crippen LogP contribution < -0.4 is 0 Å². The third-order valence-corrected chi connectivity index (χ3v) is 1.90. The van der Waals surface area contributed by atoms with Gasteiger partial charge in [-0.3, -0.25) is 4.48 Å². The minimum atomic E-state index is 0. The van der Waals surface area contributed by atoms with Crippen LogP contribution in [0.1, 0.15) is 19.8 Å². The van der Waals surface area contributed by atoms with Crippen molar-refractivity contribution in [3.05, 3.63) is 11.6 Å². The minimum Gasteiger partial charge on any atom is -0.870 e. The van der Waals surface area contributed by atoms with E-state index in [-0.39, 0.29) is 5.48 Å². The third kappa shape index (κ3) is 4.48. The van der Waals surface area contributed by atoms with Crippen LogP contribution in [0.5, 0.6) is 0 Å². The number of nitrogens with zero attached hydrogens (tertiary/aromatic N) is 1. The lowest BCUT2D eigenvalue weighted by Crippen LogP contribution is -2.35. The molecule has 1 N–H and O–H groups in total. The molecule has 0 fully saturated rings. The number of quaternary nitrogens is 1. The summed E-state index contributed by atoms with van der Waals surface area (Å²) in [7, 11) is 9.63. The van der Waals surface area contributed by atoms with Gasteiger partial charge in [-0.1, -0.05) is 6.92 Å². The normalized spacial score (nSPS) is 10.1. The Morgan fingerprint density at radius 1 is 1.07 bits per heavy atom. The highest BCUT2D eigenvalue weighted by atomic mass is 16.7. The Morgan fingerprint density at radius 2 is 1.50 bits per heavy atom. The molecule has 0 aromatic carbocycles. The monoisotopic (exact) mass is 205 g/mol. The van der Waals surface area contributed by atoms with Gasteiger partial charge >= 0.3 is 5.95 Å². The van der Waals surface area contributed by atoms with Gasteiger partial charge in [0.25, 0.3) is 0 Å². The van der Waals surface area contributed by atoms with Crippen molar-refractivity contribution in [3.63, 3.8) is 0 Å². The minimum absolute atomic E-state index is 0. The number of methoxy groups -OCH3 is 2. The lowest BCUT2D eigenvalue weighted by molar-refractivity contribution is -0.834. The molecular formula is C10H23NO3. The third-order valence-electron chi connectivity index (χ3n) is 1.90. The van der Waals surface area contributed by atoms with E-state index in [1.807, 2.05) is 0 Å². The molecule has 0 unspecified atom stereocenters. The Balaban J connectivity index is 0. The van der Waals surface area contributed by atoms with Crippen molar-refractivity contribution in [3.8, 4) is 0 Å². The average molecular weight is 205 g/mol. The van der Waals surface area contributed by atoms with Crippen LogP contribution in [0.3, 0.4) is 0 Å². The molecule has 0 bridgehead atoms.